The second-order valence-corrected chi connectivity index (χ2v) is 9.86. The van der Waals surface area contributed by atoms with Crippen LogP contribution in [0, 0.1) is 5.92 Å². The van der Waals surface area contributed by atoms with Crippen molar-refractivity contribution in [1.82, 2.24) is 14.3 Å². The molecule has 1 aliphatic rings. The van der Waals surface area contributed by atoms with Gasteiger partial charge in [-0.3, -0.25) is 0 Å². The SMILES string of the molecule is CC1CCCN(c2cc(NCCN(C)S(=O)(=O)c3cccs3)ncn2)C1. The lowest BCUT2D eigenvalue weighted by molar-refractivity contribution is 0.444. The molecule has 2 aromatic heterocycles. The molecule has 1 atom stereocenters. The van der Waals surface area contributed by atoms with Crippen LogP contribution in [0.15, 0.2) is 34.1 Å². The molecule has 0 bridgehead atoms. The minimum absolute atomic E-state index is 0.361. The molecular weight excluding hydrogens is 370 g/mol. The Morgan fingerprint density at radius 3 is 3.00 bits per heavy atom. The van der Waals surface area contributed by atoms with Crippen LogP contribution in [-0.2, 0) is 10.0 Å². The van der Waals surface area contributed by atoms with Crippen LogP contribution >= 0.6 is 11.3 Å². The molecule has 2 aromatic rings. The Kier molecular flexibility index (Phi) is 6.10. The molecule has 0 radical (unpaired) electrons. The molecule has 3 heterocycles. The van der Waals surface area contributed by atoms with Crippen LogP contribution in [0.1, 0.15) is 19.8 Å². The summed E-state index contributed by atoms with van der Waals surface area (Å²) in [5, 5.41) is 4.97. The summed E-state index contributed by atoms with van der Waals surface area (Å²) in [5.74, 6) is 2.31. The van der Waals surface area contributed by atoms with Crippen LogP contribution in [0.25, 0.3) is 0 Å². The van der Waals surface area contributed by atoms with E-state index >= 15 is 0 Å². The van der Waals surface area contributed by atoms with Gasteiger partial charge in [0, 0.05) is 39.3 Å². The third-order valence-corrected chi connectivity index (χ3v) is 7.76. The molecule has 1 fully saturated rings. The van der Waals surface area contributed by atoms with Gasteiger partial charge in [0.15, 0.2) is 0 Å². The quantitative estimate of drug-likeness (QED) is 0.776. The first-order chi connectivity index (χ1) is 12.5. The van der Waals surface area contributed by atoms with E-state index in [0.29, 0.717) is 23.2 Å². The second kappa shape index (κ2) is 8.32. The van der Waals surface area contributed by atoms with Gasteiger partial charge in [-0.05, 0) is 30.2 Å². The molecule has 1 aliphatic heterocycles. The largest absolute Gasteiger partial charge is 0.369 e. The van der Waals surface area contributed by atoms with Crippen LogP contribution in [0.4, 0.5) is 11.6 Å². The number of hydrogen-bond acceptors (Lipinski definition) is 7. The summed E-state index contributed by atoms with van der Waals surface area (Å²) < 4.78 is 26.5. The maximum atomic E-state index is 12.4. The topological polar surface area (TPSA) is 78.4 Å². The zero-order chi connectivity index (χ0) is 18.6. The van der Waals surface area contributed by atoms with Crippen molar-refractivity contribution in [1.29, 1.82) is 0 Å². The maximum Gasteiger partial charge on any atom is 0.252 e. The van der Waals surface area contributed by atoms with Crippen molar-refractivity contribution in [2.45, 2.75) is 24.0 Å². The number of rotatable bonds is 7. The smallest absolute Gasteiger partial charge is 0.252 e. The van der Waals surface area contributed by atoms with Gasteiger partial charge in [-0.1, -0.05) is 13.0 Å². The maximum absolute atomic E-state index is 12.4. The Balaban J connectivity index is 1.56. The highest BCUT2D eigenvalue weighted by Gasteiger charge is 2.21. The van der Waals surface area contributed by atoms with Crippen molar-refractivity contribution in [3.05, 3.63) is 29.9 Å². The number of nitrogens with one attached hydrogen (secondary N) is 1. The van der Waals surface area contributed by atoms with Gasteiger partial charge >= 0.3 is 0 Å². The van der Waals surface area contributed by atoms with Gasteiger partial charge in [-0.25, -0.2) is 18.4 Å². The van der Waals surface area contributed by atoms with Crippen molar-refractivity contribution in [3.8, 4) is 0 Å². The molecule has 1 N–H and O–H groups in total. The molecule has 0 spiro atoms. The van der Waals surface area contributed by atoms with Gasteiger partial charge in [-0.2, -0.15) is 4.31 Å². The molecule has 0 aliphatic carbocycles. The lowest BCUT2D eigenvalue weighted by Gasteiger charge is -2.31. The van der Waals surface area contributed by atoms with E-state index in [0.717, 1.165) is 24.7 Å². The fourth-order valence-corrected chi connectivity index (χ4v) is 5.41. The number of piperidine rings is 1. The summed E-state index contributed by atoms with van der Waals surface area (Å²) in [6.07, 6.45) is 4.00. The van der Waals surface area contributed by atoms with Gasteiger partial charge in [0.05, 0.1) is 0 Å². The zero-order valence-electron chi connectivity index (χ0n) is 15.1. The van der Waals surface area contributed by atoms with E-state index in [4.69, 9.17) is 0 Å². The predicted octanol–water partition coefficient (Wildman–Crippen LogP) is 2.51. The van der Waals surface area contributed by atoms with Gasteiger partial charge in [0.25, 0.3) is 10.0 Å². The number of aromatic nitrogens is 2. The molecule has 0 amide bonds. The van der Waals surface area contributed by atoms with Crippen molar-refractivity contribution >= 4 is 33.0 Å². The lowest BCUT2D eigenvalue weighted by Crippen LogP contribution is -2.35. The number of nitrogens with zero attached hydrogens (tertiary/aromatic N) is 4. The van der Waals surface area contributed by atoms with E-state index in [1.54, 1.807) is 30.9 Å². The van der Waals surface area contributed by atoms with Crippen LogP contribution in [0.5, 0.6) is 0 Å². The summed E-state index contributed by atoms with van der Waals surface area (Å²) in [4.78, 5) is 10.9. The Hall–Kier alpha value is -1.71. The first kappa shape index (κ1) is 19.1. The normalized spacial score (nSPS) is 18.3. The van der Waals surface area contributed by atoms with E-state index in [9.17, 15) is 8.42 Å². The number of likely N-dealkylation sites (N-methyl/N-ethyl adjacent to an activating group) is 1. The number of hydrogen-bond donors (Lipinski definition) is 1. The third-order valence-electron chi connectivity index (χ3n) is 4.53. The Labute approximate surface area is 159 Å². The number of thiophene rings is 1. The molecule has 7 nitrogen and oxygen atoms in total. The van der Waals surface area contributed by atoms with Gasteiger partial charge in [0.1, 0.15) is 22.2 Å². The fraction of sp³-hybridized carbons (Fsp3) is 0.529. The standard InChI is InChI=1S/C17H25N5O2S2/c1-14-5-3-8-22(12-14)16-11-15(19-13-20-16)18-7-9-21(2)26(23,24)17-6-4-10-25-17/h4,6,10-11,13-14H,3,5,7-9,12H2,1-2H3,(H,18,19,20). The first-order valence-electron chi connectivity index (χ1n) is 8.77. The van der Waals surface area contributed by atoms with Crippen LogP contribution in [-0.4, -0.2) is 55.9 Å². The number of sulfonamides is 1. The molecule has 9 heteroatoms. The van der Waals surface area contributed by atoms with Gasteiger partial charge < -0.3 is 10.2 Å². The van der Waals surface area contributed by atoms with Crippen LogP contribution in [0.3, 0.4) is 0 Å². The molecule has 0 aromatic carbocycles. The molecular formula is C17H25N5O2S2. The Morgan fingerprint density at radius 1 is 1.42 bits per heavy atom. The second-order valence-electron chi connectivity index (χ2n) is 6.64. The lowest BCUT2D eigenvalue weighted by atomic mass is 10.0. The molecule has 0 saturated carbocycles. The van der Waals surface area contributed by atoms with E-state index in [-0.39, 0.29) is 0 Å². The Bertz CT molecular complexity index is 810. The monoisotopic (exact) mass is 395 g/mol. The minimum Gasteiger partial charge on any atom is -0.369 e. The molecule has 26 heavy (non-hydrogen) atoms. The highest BCUT2D eigenvalue weighted by Crippen LogP contribution is 2.22. The van der Waals surface area contributed by atoms with Crippen molar-refractivity contribution in [3.63, 3.8) is 0 Å². The number of anilines is 2. The fourth-order valence-electron chi connectivity index (χ4n) is 3.04. The van der Waals surface area contributed by atoms with Crippen LogP contribution < -0.4 is 10.2 Å². The third kappa shape index (κ3) is 4.52. The van der Waals surface area contributed by atoms with E-state index in [2.05, 4.69) is 27.1 Å². The average Bonchev–Trinajstić information content (AvgIpc) is 3.17. The highest BCUT2D eigenvalue weighted by molar-refractivity contribution is 7.91. The van der Waals surface area contributed by atoms with E-state index in [1.807, 2.05) is 6.07 Å². The summed E-state index contributed by atoms with van der Waals surface area (Å²) in [6.45, 7) is 5.13. The molecule has 1 saturated heterocycles. The molecule has 142 valence electrons. The summed E-state index contributed by atoms with van der Waals surface area (Å²) in [6, 6.07) is 5.31. The van der Waals surface area contributed by atoms with E-state index < -0.39 is 10.0 Å². The molecule has 3 rings (SSSR count). The van der Waals surface area contributed by atoms with Crippen molar-refractivity contribution < 1.29 is 8.42 Å². The van der Waals surface area contributed by atoms with Crippen molar-refractivity contribution in [2.24, 2.45) is 5.92 Å². The summed E-state index contributed by atoms with van der Waals surface area (Å²) in [7, 11) is -1.82. The average molecular weight is 396 g/mol. The molecule has 1 unspecified atom stereocenters. The van der Waals surface area contributed by atoms with Gasteiger partial charge in [-0.15, -0.1) is 11.3 Å². The van der Waals surface area contributed by atoms with Crippen LogP contribution in [0.2, 0.25) is 0 Å². The van der Waals surface area contributed by atoms with Crippen molar-refractivity contribution in [2.75, 3.05) is 43.4 Å². The minimum atomic E-state index is -3.41. The first-order valence-corrected chi connectivity index (χ1v) is 11.1. The van der Waals surface area contributed by atoms with E-state index in [1.165, 1.54) is 28.5 Å². The highest BCUT2D eigenvalue weighted by atomic mass is 32.2. The summed E-state index contributed by atoms with van der Waals surface area (Å²) >= 11 is 1.23. The Morgan fingerprint density at radius 2 is 2.27 bits per heavy atom. The van der Waals surface area contributed by atoms with Gasteiger partial charge in [0.2, 0.25) is 0 Å². The predicted molar refractivity (Wildman–Crippen MR) is 105 cm³/mol. The zero-order valence-corrected chi connectivity index (χ0v) is 16.8. The summed E-state index contributed by atoms with van der Waals surface area (Å²) in [5.41, 5.74) is 0.